The lowest BCUT2D eigenvalue weighted by atomic mass is 10.1. The van der Waals surface area contributed by atoms with Gasteiger partial charge < -0.3 is 4.74 Å². The molecule has 0 radical (unpaired) electrons. The van der Waals surface area contributed by atoms with Crippen LogP contribution < -0.4 is 0 Å². The van der Waals surface area contributed by atoms with Crippen molar-refractivity contribution in [1.82, 2.24) is 0 Å². The van der Waals surface area contributed by atoms with Crippen LogP contribution in [0.3, 0.4) is 0 Å². The molecule has 0 aromatic heterocycles. The Balaban J connectivity index is 2.68. The number of ether oxygens (including phenoxy) is 1. The van der Waals surface area contributed by atoms with E-state index in [1.807, 2.05) is 0 Å². The fourth-order valence-electron chi connectivity index (χ4n) is 0.887. The molecule has 0 spiro atoms. The third kappa shape index (κ3) is 1.49. The van der Waals surface area contributed by atoms with Crippen molar-refractivity contribution in [2.24, 2.45) is 5.92 Å². The molecule has 0 amide bonds. The minimum atomic E-state index is -4.55. The summed E-state index contributed by atoms with van der Waals surface area (Å²) in [4.78, 5) is 10.5. The van der Waals surface area contributed by atoms with E-state index in [1.54, 1.807) is 0 Å². The van der Waals surface area contributed by atoms with Gasteiger partial charge in [0.1, 0.15) is 5.92 Å². The Morgan fingerprint density at radius 2 is 2.17 bits per heavy atom. The molecule has 1 saturated heterocycles. The molecule has 12 heavy (non-hydrogen) atoms. The first-order valence-electron chi connectivity index (χ1n) is 3.12. The molecule has 1 heterocycles. The van der Waals surface area contributed by atoms with Gasteiger partial charge in [0.25, 0.3) is 0 Å². The topological polar surface area (TPSA) is 50.1 Å². The highest BCUT2D eigenvalue weighted by atomic mass is 19.4. The highest BCUT2D eigenvalue weighted by Gasteiger charge is 2.50. The SMILES string of the molecule is N#CC1CC(C(F)(F)F)OC1=O. The molecule has 1 aliphatic rings. The number of nitrogens with zero attached hydrogens (tertiary/aromatic N) is 1. The number of cyclic esters (lactones) is 1. The van der Waals surface area contributed by atoms with E-state index >= 15 is 0 Å². The fraction of sp³-hybridized carbons (Fsp3) is 0.667. The Labute approximate surface area is 65.7 Å². The lowest BCUT2D eigenvalue weighted by molar-refractivity contribution is -0.209. The highest BCUT2D eigenvalue weighted by Crippen LogP contribution is 2.33. The number of alkyl halides is 3. The maximum atomic E-state index is 11.9. The number of rotatable bonds is 0. The molecule has 0 aliphatic carbocycles. The van der Waals surface area contributed by atoms with Gasteiger partial charge in [-0.15, -0.1) is 0 Å². The van der Waals surface area contributed by atoms with Crippen LogP contribution in [0.15, 0.2) is 0 Å². The van der Waals surface area contributed by atoms with Crippen molar-refractivity contribution in [2.75, 3.05) is 0 Å². The fourth-order valence-corrected chi connectivity index (χ4v) is 0.887. The Kier molecular flexibility index (Phi) is 1.96. The van der Waals surface area contributed by atoms with Gasteiger partial charge in [0, 0.05) is 6.42 Å². The van der Waals surface area contributed by atoms with Crippen molar-refractivity contribution in [3.63, 3.8) is 0 Å². The number of hydrogen-bond acceptors (Lipinski definition) is 3. The first kappa shape index (κ1) is 8.84. The average Bonchev–Trinajstić information content (AvgIpc) is 2.29. The highest BCUT2D eigenvalue weighted by molar-refractivity contribution is 5.77. The average molecular weight is 179 g/mol. The number of carbonyl (C=O) groups is 1. The second-order valence-corrected chi connectivity index (χ2v) is 2.38. The van der Waals surface area contributed by atoms with Gasteiger partial charge in [-0.1, -0.05) is 0 Å². The minimum absolute atomic E-state index is 0.584. The van der Waals surface area contributed by atoms with Crippen LogP contribution in [0.1, 0.15) is 6.42 Å². The first-order chi connectivity index (χ1) is 5.45. The first-order valence-corrected chi connectivity index (χ1v) is 3.12. The third-order valence-electron chi connectivity index (χ3n) is 1.51. The molecule has 0 saturated carbocycles. The Morgan fingerprint density at radius 3 is 2.42 bits per heavy atom. The van der Waals surface area contributed by atoms with Gasteiger partial charge >= 0.3 is 12.1 Å². The molecule has 0 bridgehead atoms. The molecule has 1 rings (SSSR count). The Bertz CT molecular complexity index is 242. The van der Waals surface area contributed by atoms with Crippen LogP contribution in [0.5, 0.6) is 0 Å². The zero-order valence-corrected chi connectivity index (χ0v) is 5.76. The molecular formula is C6H4F3NO2. The Morgan fingerprint density at radius 1 is 1.58 bits per heavy atom. The van der Waals surface area contributed by atoms with Gasteiger partial charge in [-0.2, -0.15) is 18.4 Å². The molecule has 0 aromatic carbocycles. The lowest BCUT2D eigenvalue weighted by Crippen LogP contribution is -2.28. The summed E-state index contributed by atoms with van der Waals surface area (Å²) in [5.41, 5.74) is 0. The number of carbonyl (C=O) groups excluding carboxylic acids is 1. The van der Waals surface area contributed by atoms with Crippen LogP contribution in [-0.2, 0) is 9.53 Å². The van der Waals surface area contributed by atoms with Gasteiger partial charge in [0.05, 0.1) is 6.07 Å². The van der Waals surface area contributed by atoms with Crippen molar-refractivity contribution in [3.05, 3.63) is 0 Å². The van der Waals surface area contributed by atoms with Crippen molar-refractivity contribution in [1.29, 1.82) is 5.26 Å². The van der Waals surface area contributed by atoms with Crippen molar-refractivity contribution >= 4 is 5.97 Å². The van der Waals surface area contributed by atoms with Crippen LogP contribution in [-0.4, -0.2) is 18.2 Å². The molecule has 66 valence electrons. The maximum Gasteiger partial charge on any atom is 0.425 e. The quantitative estimate of drug-likeness (QED) is 0.521. The number of nitriles is 1. The van der Waals surface area contributed by atoms with E-state index in [2.05, 4.69) is 4.74 Å². The summed E-state index contributed by atoms with van der Waals surface area (Å²) in [6.45, 7) is 0. The minimum Gasteiger partial charge on any atom is -0.452 e. The van der Waals surface area contributed by atoms with E-state index in [4.69, 9.17) is 5.26 Å². The van der Waals surface area contributed by atoms with E-state index in [1.165, 1.54) is 6.07 Å². The van der Waals surface area contributed by atoms with Crippen LogP contribution in [0, 0.1) is 17.2 Å². The van der Waals surface area contributed by atoms with E-state index in [0.717, 1.165) is 0 Å². The van der Waals surface area contributed by atoms with Crippen molar-refractivity contribution < 1.29 is 22.7 Å². The summed E-state index contributed by atoms with van der Waals surface area (Å²) >= 11 is 0. The third-order valence-corrected chi connectivity index (χ3v) is 1.51. The molecule has 0 N–H and O–H groups in total. The second-order valence-electron chi connectivity index (χ2n) is 2.38. The predicted molar refractivity (Wildman–Crippen MR) is 29.7 cm³/mol. The van der Waals surface area contributed by atoms with Crippen LogP contribution >= 0.6 is 0 Å². The largest absolute Gasteiger partial charge is 0.452 e. The standard InChI is InChI=1S/C6H4F3NO2/c7-6(8,9)4-1-3(2-10)5(11)12-4/h3-4H,1H2. The molecule has 1 fully saturated rings. The Hall–Kier alpha value is -1.25. The van der Waals surface area contributed by atoms with E-state index in [9.17, 15) is 18.0 Å². The molecule has 2 unspecified atom stereocenters. The zero-order valence-electron chi connectivity index (χ0n) is 5.76. The summed E-state index contributed by atoms with van der Waals surface area (Å²) in [6, 6.07) is 1.44. The smallest absolute Gasteiger partial charge is 0.425 e. The zero-order chi connectivity index (χ0) is 9.35. The monoisotopic (exact) mass is 179 g/mol. The molecule has 6 heteroatoms. The van der Waals surface area contributed by atoms with E-state index in [0.29, 0.717) is 0 Å². The van der Waals surface area contributed by atoms with Crippen LogP contribution in [0.4, 0.5) is 13.2 Å². The van der Waals surface area contributed by atoms with Crippen molar-refractivity contribution in [2.45, 2.75) is 18.7 Å². The summed E-state index contributed by atoms with van der Waals surface area (Å²) < 4.78 is 39.5. The predicted octanol–water partition coefficient (Wildman–Crippen LogP) is 1.00. The summed E-state index contributed by atoms with van der Waals surface area (Å²) in [6.07, 6.45) is -7.24. The molecule has 0 aromatic rings. The van der Waals surface area contributed by atoms with Crippen molar-refractivity contribution in [3.8, 4) is 6.07 Å². The lowest BCUT2D eigenvalue weighted by Gasteiger charge is -2.11. The van der Waals surface area contributed by atoms with Gasteiger partial charge in [-0.3, -0.25) is 4.79 Å². The van der Waals surface area contributed by atoms with Gasteiger partial charge in [0.15, 0.2) is 6.10 Å². The number of halogens is 3. The van der Waals surface area contributed by atoms with Gasteiger partial charge in [0.2, 0.25) is 0 Å². The maximum absolute atomic E-state index is 11.9. The number of hydrogen-bond donors (Lipinski definition) is 0. The normalized spacial score (nSPS) is 29.7. The molecular weight excluding hydrogens is 175 g/mol. The van der Waals surface area contributed by atoms with E-state index in [-0.39, 0.29) is 0 Å². The van der Waals surface area contributed by atoms with Crippen LogP contribution in [0.25, 0.3) is 0 Å². The summed E-state index contributed by atoms with van der Waals surface area (Å²) in [5.74, 6) is -2.35. The second kappa shape index (κ2) is 2.66. The van der Waals surface area contributed by atoms with E-state index < -0.39 is 30.6 Å². The number of esters is 1. The van der Waals surface area contributed by atoms with Crippen LogP contribution in [0.2, 0.25) is 0 Å². The summed E-state index contributed by atoms with van der Waals surface area (Å²) in [5, 5.41) is 8.20. The molecule has 1 aliphatic heterocycles. The summed E-state index contributed by atoms with van der Waals surface area (Å²) in [7, 11) is 0. The van der Waals surface area contributed by atoms with Gasteiger partial charge in [-0.05, 0) is 0 Å². The van der Waals surface area contributed by atoms with Gasteiger partial charge in [-0.25, -0.2) is 0 Å². The molecule has 3 nitrogen and oxygen atoms in total. The molecule has 2 atom stereocenters.